The van der Waals surface area contributed by atoms with Crippen LogP contribution in [0.5, 0.6) is 11.6 Å². The SMILES string of the molecule is COc1ccc(COc2ncc(C(=O)O)cc2Cl)cc1. The zero-order chi connectivity index (χ0) is 14.5. The van der Waals surface area contributed by atoms with Crippen LogP contribution >= 0.6 is 11.6 Å². The second-order valence-electron chi connectivity index (χ2n) is 3.95. The van der Waals surface area contributed by atoms with Gasteiger partial charge in [-0.05, 0) is 23.8 Å². The van der Waals surface area contributed by atoms with Crippen molar-refractivity contribution >= 4 is 17.6 Å². The predicted molar refractivity (Wildman–Crippen MR) is 73.5 cm³/mol. The highest BCUT2D eigenvalue weighted by Crippen LogP contribution is 2.23. The van der Waals surface area contributed by atoms with Gasteiger partial charge in [-0.25, -0.2) is 9.78 Å². The fourth-order valence-electron chi connectivity index (χ4n) is 1.52. The number of rotatable bonds is 5. The molecule has 1 aromatic carbocycles. The van der Waals surface area contributed by atoms with Crippen molar-refractivity contribution in [2.45, 2.75) is 6.61 Å². The summed E-state index contributed by atoms with van der Waals surface area (Å²) in [5, 5.41) is 8.97. The largest absolute Gasteiger partial charge is 0.497 e. The Hall–Kier alpha value is -2.27. The van der Waals surface area contributed by atoms with Gasteiger partial charge in [0, 0.05) is 6.20 Å². The highest BCUT2D eigenvalue weighted by atomic mass is 35.5. The predicted octanol–water partition coefficient (Wildman–Crippen LogP) is 3.02. The van der Waals surface area contributed by atoms with Crippen molar-refractivity contribution in [1.82, 2.24) is 4.98 Å². The Balaban J connectivity index is 2.04. The molecule has 0 saturated heterocycles. The molecule has 0 atom stereocenters. The zero-order valence-corrected chi connectivity index (χ0v) is 11.4. The van der Waals surface area contributed by atoms with Crippen molar-refractivity contribution < 1.29 is 19.4 Å². The summed E-state index contributed by atoms with van der Waals surface area (Å²) >= 11 is 5.92. The maximum Gasteiger partial charge on any atom is 0.337 e. The highest BCUT2D eigenvalue weighted by molar-refractivity contribution is 6.32. The third-order valence-corrected chi connectivity index (χ3v) is 2.86. The molecule has 0 fully saturated rings. The number of aromatic nitrogens is 1. The Morgan fingerprint density at radius 3 is 2.60 bits per heavy atom. The monoisotopic (exact) mass is 293 g/mol. The van der Waals surface area contributed by atoms with Crippen molar-refractivity contribution in [2.75, 3.05) is 7.11 Å². The second kappa shape index (κ2) is 6.25. The van der Waals surface area contributed by atoms with Crippen LogP contribution in [0.3, 0.4) is 0 Å². The Morgan fingerprint density at radius 1 is 1.35 bits per heavy atom. The van der Waals surface area contributed by atoms with Gasteiger partial charge in [0.25, 0.3) is 0 Å². The van der Waals surface area contributed by atoms with Crippen LogP contribution < -0.4 is 9.47 Å². The van der Waals surface area contributed by atoms with E-state index in [2.05, 4.69) is 4.98 Å². The molecule has 0 radical (unpaired) electrons. The average molecular weight is 294 g/mol. The van der Waals surface area contributed by atoms with E-state index in [0.29, 0.717) is 0 Å². The van der Waals surface area contributed by atoms with Crippen LogP contribution in [-0.4, -0.2) is 23.2 Å². The first-order chi connectivity index (χ1) is 9.60. The number of ether oxygens (including phenoxy) is 2. The molecule has 0 aliphatic rings. The molecule has 0 saturated carbocycles. The van der Waals surface area contributed by atoms with E-state index in [1.165, 1.54) is 12.3 Å². The number of hydrogen-bond acceptors (Lipinski definition) is 4. The number of halogens is 1. The van der Waals surface area contributed by atoms with Gasteiger partial charge in [-0.2, -0.15) is 0 Å². The molecule has 1 aromatic heterocycles. The molecule has 6 heteroatoms. The van der Waals surface area contributed by atoms with E-state index in [-0.39, 0.29) is 23.1 Å². The summed E-state index contributed by atoms with van der Waals surface area (Å²) in [6, 6.07) is 8.67. The molecule has 0 spiro atoms. The van der Waals surface area contributed by atoms with Gasteiger partial charge in [-0.15, -0.1) is 0 Å². The molecule has 2 rings (SSSR count). The molecule has 5 nitrogen and oxygen atoms in total. The minimum absolute atomic E-state index is 0.0202. The summed E-state index contributed by atoms with van der Waals surface area (Å²) in [6.07, 6.45) is 1.21. The molecular formula is C14H12ClNO4. The summed E-state index contributed by atoms with van der Waals surface area (Å²) in [6.45, 7) is 0.281. The number of aromatic carboxylic acids is 1. The minimum Gasteiger partial charge on any atom is -0.497 e. The first-order valence-electron chi connectivity index (χ1n) is 5.74. The van der Waals surface area contributed by atoms with E-state index in [0.717, 1.165) is 11.3 Å². The van der Waals surface area contributed by atoms with Crippen molar-refractivity contribution in [3.8, 4) is 11.6 Å². The van der Waals surface area contributed by atoms with Gasteiger partial charge in [0.05, 0.1) is 12.7 Å². The fraction of sp³-hybridized carbons (Fsp3) is 0.143. The van der Waals surface area contributed by atoms with Gasteiger partial charge in [0.2, 0.25) is 5.88 Å². The van der Waals surface area contributed by atoms with Crippen LogP contribution in [0.15, 0.2) is 36.5 Å². The molecule has 0 aliphatic carbocycles. The summed E-state index contributed by atoms with van der Waals surface area (Å²) in [4.78, 5) is 14.6. The molecule has 1 heterocycles. The lowest BCUT2D eigenvalue weighted by atomic mass is 10.2. The molecular weight excluding hydrogens is 282 g/mol. The first kappa shape index (κ1) is 14.1. The Labute approximate surface area is 120 Å². The third-order valence-electron chi connectivity index (χ3n) is 2.59. The van der Waals surface area contributed by atoms with Crippen molar-refractivity contribution in [1.29, 1.82) is 0 Å². The van der Waals surface area contributed by atoms with Crippen LogP contribution in [0.2, 0.25) is 5.02 Å². The van der Waals surface area contributed by atoms with Gasteiger partial charge in [0.15, 0.2) is 0 Å². The number of hydrogen-bond donors (Lipinski definition) is 1. The van der Waals surface area contributed by atoms with Gasteiger partial charge in [0.1, 0.15) is 17.4 Å². The molecule has 0 bridgehead atoms. The van der Waals surface area contributed by atoms with E-state index in [1.807, 2.05) is 24.3 Å². The van der Waals surface area contributed by atoms with E-state index in [4.69, 9.17) is 26.2 Å². The topological polar surface area (TPSA) is 68.7 Å². The average Bonchev–Trinajstić information content (AvgIpc) is 2.46. The van der Waals surface area contributed by atoms with Crippen molar-refractivity contribution in [2.24, 2.45) is 0 Å². The molecule has 0 aliphatic heterocycles. The first-order valence-corrected chi connectivity index (χ1v) is 6.12. The standard InChI is InChI=1S/C14H12ClNO4/c1-19-11-4-2-9(3-5-11)8-20-13-12(15)6-10(7-16-13)14(17)18/h2-7H,8H2,1H3,(H,17,18). The normalized spacial score (nSPS) is 10.1. The van der Waals surface area contributed by atoms with Gasteiger partial charge in [-0.3, -0.25) is 0 Å². The molecule has 0 amide bonds. The van der Waals surface area contributed by atoms with Crippen LogP contribution in [0, 0.1) is 0 Å². The maximum atomic E-state index is 10.8. The maximum absolute atomic E-state index is 10.8. The Kier molecular flexibility index (Phi) is 4.42. The van der Waals surface area contributed by atoms with E-state index >= 15 is 0 Å². The van der Waals surface area contributed by atoms with Crippen LogP contribution in [0.25, 0.3) is 0 Å². The fourth-order valence-corrected chi connectivity index (χ4v) is 1.74. The second-order valence-corrected chi connectivity index (χ2v) is 4.36. The number of pyridine rings is 1. The van der Waals surface area contributed by atoms with Crippen molar-refractivity contribution in [3.63, 3.8) is 0 Å². The number of carbonyl (C=O) groups is 1. The summed E-state index contributed by atoms with van der Waals surface area (Å²) in [7, 11) is 1.60. The quantitative estimate of drug-likeness (QED) is 0.917. The number of carboxylic acid groups (broad SMARTS) is 1. The molecule has 0 unspecified atom stereocenters. The minimum atomic E-state index is -1.08. The highest BCUT2D eigenvalue weighted by Gasteiger charge is 2.09. The lowest BCUT2D eigenvalue weighted by Gasteiger charge is -2.08. The molecule has 2 aromatic rings. The van der Waals surface area contributed by atoms with Crippen LogP contribution in [0.1, 0.15) is 15.9 Å². The summed E-state index contributed by atoms with van der Waals surface area (Å²) in [5.74, 6) is -0.121. The number of carboxylic acids is 1. The Bertz CT molecular complexity index is 613. The summed E-state index contributed by atoms with van der Waals surface area (Å²) < 4.78 is 10.5. The lowest BCUT2D eigenvalue weighted by Crippen LogP contribution is -2.01. The lowest BCUT2D eigenvalue weighted by molar-refractivity contribution is 0.0696. The summed E-state index contributed by atoms with van der Waals surface area (Å²) in [5.41, 5.74) is 0.942. The van der Waals surface area contributed by atoms with Gasteiger partial charge >= 0.3 is 5.97 Å². The number of benzene rings is 1. The number of methoxy groups -OCH3 is 1. The Morgan fingerprint density at radius 2 is 2.05 bits per heavy atom. The van der Waals surface area contributed by atoms with Gasteiger partial charge in [-0.1, -0.05) is 23.7 Å². The molecule has 1 N–H and O–H groups in total. The van der Waals surface area contributed by atoms with Gasteiger partial charge < -0.3 is 14.6 Å². The van der Waals surface area contributed by atoms with Crippen LogP contribution in [0.4, 0.5) is 0 Å². The smallest absolute Gasteiger partial charge is 0.337 e. The van der Waals surface area contributed by atoms with E-state index in [1.54, 1.807) is 7.11 Å². The molecule has 20 heavy (non-hydrogen) atoms. The van der Waals surface area contributed by atoms with E-state index in [9.17, 15) is 4.79 Å². The molecule has 104 valence electrons. The van der Waals surface area contributed by atoms with Crippen molar-refractivity contribution in [3.05, 3.63) is 52.7 Å². The van der Waals surface area contributed by atoms with E-state index < -0.39 is 5.97 Å². The third kappa shape index (κ3) is 3.39. The van der Waals surface area contributed by atoms with Crippen LogP contribution in [-0.2, 0) is 6.61 Å². The zero-order valence-electron chi connectivity index (χ0n) is 10.7. The number of nitrogens with zero attached hydrogens (tertiary/aromatic N) is 1.